The number of nitrogens with zero attached hydrogens (tertiary/aromatic N) is 3. The first-order valence-electron chi connectivity index (χ1n) is 7.52. The highest BCUT2D eigenvalue weighted by Crippen LogP contribution is 2.30. The molecule has 6 heteroatoms. The van der Waals surface area contributed by atoms with Gasteiger partial charge < -0.3 is 15.7 Å². The topological polar surface area (TPSA) is 93.6 Å². The van der Waals surface area contributed by atoms with Crippen molar-refractivity contribution in [2.45, 2.75) is 33.6 Å². The molecule has 2 rings (SSSR count). The zero-order valence-corrected chi connectivity index (χ0v) is 13.7. The molecule has 0 radical (unpaired) electrons. The minimum Gasteiger partial charge on any atom is -0.493 e. The van der Waals surface area contributed by atoms with Crippen LogP contribution in [-0.4, -0.2) is 28.2 Å². The van der Waals surface area contributed by atoms with E-state index in [2.05, 4.69) is 15.4 Å². The molecule has 23 heavy (non-hydrogen) atoms. The van der Waals surface area contributed by atoms with Gasteiger partial charge in [0.1, 0.15) is 5.75 Å². The molecular formula is C17H22N4O2. The number of hydrogen-bond donors (Lipinski definition) is 2. The first kappa shape index (κ1) is 16.7. The molecule has 0 amide bonds. The van der Waals surface area contributed by atoms with Crippen LogP contribution in [0.1, 0.15) is 34.5 Å². The van der Waals surface area contributed by atoms with Crippen molar-refractivity contribution in [3.05, 3.63) is 46.3 Å². The lowest BCUT2D eigenvalue weighted by atomic mass is 10.0. The molecule has 0 bridgehead atoms. The maximum Gasteiger partial charge on any atom is 0.125 e. The van der Waals surface area contributed by atoms with Crippen molar-refractivity contribution in [1.29, 1.82) is 0 Å². The zero-order chi connectivity index (χ0) is 16.8. The van der Waals surface area contributed by atoms with Gasteiger partial charge in [0.15, 0.2) is 0 Å². The smallest absolute Gasteiger partial charge is 0.125 e. The highest BCUT2D eigenvalue weighted by atomic mass is 16.5. The summed E-state index contributed by atoms with van der Waals surface area (Å²) in [6, 6.07) is 5.76. The lowest BCUT2D eigenvalue weighted by Crippen LogP contribution is -2.06. The zero-order valence-electron chi connectivity index (χ0n) is 13.7. The first-order valence-corrected chi connectivity index (χ1v) is 7.52. The van der Waals surface area contributed by atoms with Gasteiger partial charge in [0.05, 0.1) is 24.2 Å². The van der Waals surface area contributed by atoms with Gasteiger partial charge in [0.2, 0.25) is 0 Å². The minimum absolute atomic E-state index is 0.566. The molecule has 0 fully saturated rings. The molecule has 1 aromatic heterocycles. The van der Waals surface area contributed by atoms with Crippen molar-refractivity contribution >= 4 is 11.9 Å². The fourth-order valence-corrected chi connectivity index (χ4v) is 2.45. The standard InChI is InChI=1S/C17H22N4O2/c1-11-9-16(18)15(10-19-22)13(3)17(11)23-8-4-5-14-7-6-12(2)20-21-14/h6-7,9-10,22H,4-5,8,18H2,1-3H3. The number of benzene rings is 1. The molecule has 0 aliphatic heterocycles. The van der Waals surface area contributed by atoms with Gasteiger partial charge in [0.25, 0.3) is 0 Å². The van der Waals surface area contributed by atoms with Crippen LogP contribution in [0.2, 0.25) is 0 Å². The van der Waals surface area contributed by atoms with Crippen LogP contribution in [0, 0.1) is 20.8 Å². The van der Waals surface area contributed by atoms with Gasteiger partial charge in [-0.05, 0) is 57.4 Å². The fraction of sp³-hybridized carbons (Fsp3) is 0.353. The third-order valence-electron chi connectivity index (χ3n) is 3.65. The summed E-state index contributed by atoms with van der Waals surface area (Å²) in [5.41, 5.74) is 10.9. The predicted octanol–water partition coefficient (Wildman–Crippen LogP) is 2.80. The van der Waals surface area contributed by atoms with Crippen molar-refractivity contribution in [2.75, 3.05) is 12.3 Å². The van der Waals surface area contributed by atoms with Crippen LogP contribution in [0.5, 0.6) is 5.75 Å². The Bertz CT molecular complexity index is 697. The molecule has 122 valence electrons. The number of nitrogen functional groups attached to an aromatic ring is 1. The summed E-state index contributed by atoms with van der Waals surface area (Å²) in [5.74, 6) is 0.782. The monoisotopic (exact) mass is 314 g/mol. The molecule has 0 aliphatic rings. The van der Waals surface area contributed by atoms with Crippen LogP contribution >= 0.6 is 0 Å². The van der Waals surface area contributed by atoms with Gasteiger partial charge in [-0.15, -0.1) is 0 Å². The van der Waals surface area contributed by atoms with E-state index in [1.165, 1.54) is 6.21 Å². The number of oxime groups is 1. The van der Waals surface area contributed by atoms with E-state index in [4.69, 9.17) is 15.7 Å². The molecular weight excluding hydrogens is 292 g/mol. The lowest BCUT2D eigenvalue weighted by molar-refractivity contribution is 0.306. The Kier molecular flexibility index (Phi) is 5.51. The predicted molar refractivity (Wildman–Crippen MR) is 90.3 cm³/mol. The maximum absolute atomic E-state index is 8.75. The molecule has 1 aromatic carbocycles. The second-order valence-electron chi connectivity index (χ2n) is 5.51. The lowest BCUT2D eigenvalue weighted by Gasteiger charge is -2.15. The van der Waals surface area contributed by atoms with Gasteiger partial charge in [-0.1, -0.05) is 5.16 Å². The minimum atomic E-state index is 0.566. The van der Waals surface area contributed by atoms with Gasteiger partial charge in [-0.3, -0.25) is 0 Å². The summed E-state index contributed by atoms with van der Waals surface area (Å²) in [4.78, 5) is 0. The van der Waals surface area contributed by atoms with Gasteiger partial charge >= 0.3 is 0 Å². The summed E-state index contributed by atoms with van der Waals surface area (Å²) in [6.45, 7) is 6.34. The second kappa shape index (κ2) is 7.58. The largest absolute Gasteiger partial charge is 0.493 e. The van der Waals surface area contributed by atoms with E-state index in [1.807, 2.05) is 39.0 Å². The highest BCUT2D eigenvalue weighted by molar-refractivity contribution is 5.90. The third kappa shape index (κ3) is 4.18. The SMILES string of the molecule is Cc1ccc(CCCOc2c(C)cc(N)c(C=NO)c2C)nn1. The number of aryl methyl sites for hydroxylation is 3. The number of ether oxygens (including phenoxy) is 1. The average molecular weight is 314 g/mol. The quantitative estimate of drug-likeness (QED) is 0.281. The molecule has 1 heterocycles. The van der Waals surface area contributed by atoms with E-state index in [-0.39, 0.29) is 0 Å². The van der Waals surface area contributed by atoms with E-state index in [0.29, 0.717) is 17.9 Å². The number of rotatable bonds is 6. The van der Waals surface area contributed by atoms with Crippen LogP contribution in [0.3, 0.4) is 0 Å². The Labute approximate surface area is 136 Å². The molecule has 3 N–H and O–H groups in total. The van der Waals surface area contributed by atoms with Crippen molar-refractivity contribution in [2.24, 2.45) is 5.16 Å². The Morgan fingerprint density at radius 1 is 1.26 bits per heavy atom. The summed E-state index contributed by atoms with van der Waals surface area (Å²) >= 11 is 0. The highest BCUT2D eigenvalue weighted by Gasteiger charge is 2.11. The van der Waals surface area contributed by atoms with Gasteiger partial charge in [-0.2, -0.15) is 10.2 Å². The molecule has 0 unspecified atom stereocenters. The number of anilines is 1. The molecule has 2 aromatic rings. The van der Waals surface area contributed by atoms with Crippen LogP contribution in [-0.2, 0) is 6.42 Å². The Hall–Kier alpha value is -2.63. The van der Waals surface area contributed by atoms with E-state index >= 15 is 0 Å². The van der Waals surface area contributed by atoms with Gasteiger partial charge in [-0.25, -0.2) is 0 Å². The molecule has 0 saturated heterocycles. The summed E-state index contributed by atoms with van der Waals surface area (Å²) in [6.07, 6.45) is 2.98. The summed E-state index contributed by atoms with van der Waals surface area (Å²) in [7, 11) is 0. The van der Waals surface area contributed by atoms with Crippen LogP contribution in [0.15, 0.2) is 23.4 Å². The summed E-state index contributed by atoms with van der Waals surface area (Å²) < 4.78 is 5.91. The normalized spacial score (nSPS) is 11.1. The average Bonchev–Trinajstić information content (AvgIpc) is 2.52. The third-order valence-corrected chi connectivity index (χ3v) is 3.65. The van der Waals surface area contributed by atoms with Crippen molar-refractivity contribution < 1.29 is 9.94 Å². The molecule has 0 saturated carbocycles. The fourth-order valence-electron chi connectivity index (χ4n) is 2.45. The van der Waals surface area contributed by atoms with Crippen LogP contribution in [0.4, 0.5) is 5.69 Å². The Morgan fingerprint density at radius 2 is 2.04 bits per heavy atom. The van der Waals surface area contributed by atoms with E-state index < -0.39 is 0 Å². The molecule has 0 atom stereocenters. The molecule has 0 spiro atoms. The van der Waals surface area contributed by atoms with Crippen molar-refractivity contribution in [1.82, 2.24) is 10.2 Å². The number of nitrogens with two attached hydrogens (primary N) is 1. The maximum atomic E-state index is 8.75. The Balaban J connectivity index is 2.00. The van der Waals surface area contributed by atoms with Crippen molar-refractivity contribution in [3.63, 3.8) is 0 Å². The second-order valence-corrected chi connectivity index (χ2v) is 5.51. The molecule has 0 aliphatic carbocycles. The molecule has 6 nitrogen and oxygen atoms in total. The first-order chi connectivity index (χ1) is 11.0. The van der Waals surface area contributed by atoms with E-state index in [0.717, 1.165) is 41.1 Å². The van der Waals surface area contributed by atoms with Crippen LogP contribution < -0.4 is 10.5 Å². The Morgan fingerprint density at radius 3 is 2.70 bits per heavy atom. The number of hydrogen-bond acceptors (Lipinski definition) is 6. The number of aromatic nitrogens is 2. The van der Waals surface area contributed by atoms with Gasteiger partial charge in [0, 0.05) is 16.8 Å². The van der Waals surface area contributed by atoms with E-state index in [1.54, 1.807) is 0 Å². The summed E-state index contributed by atoms with van der Waals surface area (Å²) in [5, 5.41) is 20.0. The van der Waals surface area contributed by atoms with Crippen molar-refractivity contribution in [3.8, 4) is 5.75 Å². The van der Waals surface area contributed by atoms with Crippen LogP contribution in [0.25, 0.3) is 0 Å². The van der Waals surface area contributed by atoms with E-state index in [9.17, 15) is 0 Å².